The van der Waals surface area contributed by atoms with Gasteiger partial charge in [0.2, 0.25) is 5.95 Å². The van der Waals surface area contributed by atoms with Gasteiger partial charge in [0.1, 0.15) is 5.82 Å². The number of anilines is 1. The van der Waals surface area contributed by atoms with Gasteiger partial charge in [0, 0.05) is 18.7 Å². The summed E-state index contributed by atoms with van der Waals surface area (Å²) >= 11 is 0. The Balaban J connectivity index is 1.46. The van der Waals surface area contributed by atoms with Crippen molar-refractivity contribution >= 4 is 11.9 Å². The van der Waals surface area contributed by atoms with Crippen LogP contribution < -0.4 is 5.73 Å². The summed E-state index contributed by atoms with van der Waals surface area (Å²) < 4.78 is 14.7. The Morgan fingerprint density at radius 1 is 1.18 bits per heavy atom. The van der Waals surface area contributed by atoms with Crippen molar-refractivity contribution in [2.75, 3.05) is 18.8 Å². The van der Waals surface area contributed by atoms with Gasteiger partial charge in [-0.15, -0.1) is 0 Å². The van der Waals surface area contributed by atoms with Gasteiger partial charge >= 0.3 is 0 Å². The third kappa shape index (κ3) is 3.45. The summed E-state index contributed by atoms with van der Waals surface area (Å²) in [6.45, 7) is 3.27. The maximum atomic E-state index is 13.4. The highest BCUT2D eigenvalue weighted by Crippen LogP contribution is 2.31. The lowest BCUT2D eigenvalue weighted by Crippen LogP contribution is -2.38. The molecule has 0 unspecified atom stereocenters. The first-order chi connectivity index (χ1) is 13.5. The first-order valence-electron chi connectivity index (χ1n) is 9.22. The van der Waals surface area contributed by atoms with Gasteiger partial charge < -0.3 is 10.6 Å². The van der Waals surface area contributed by atoms with Crippen LogP contribution in [-0.4, -0.2) is 44.1 Å². The first-order valence-corrected chi connectivity index (χ1v) is 9.22. The number of hydrogen-bond donors (Lipinski definition) is 1. The summed E-state index contributed by atoms with van der Waals surface area (Å²) in [5.74, 6) is 0.275. The maximum Gasteiger partial charge on any atom is 0.253 e. The van der Waals surface area contributed by atoms with Crippen molar-refractivity contribution in [1.29, 1.82) is 0 Å². The Labute approximate surface area is 162 Å². The van der Waals surface area contributed by atoms with E-state index in [4.69, 9.17) is 5.73 Å². The lowest BCUT2D eigenvalue weighted by Gasteiger charge is -2.33. The van der Waals surface area contributed by atoms with Crippen LogP contribution in [0.5, 0.6) is 0 Å². The topological polar surface area (TPSA) is 89.9 Å². The molecule has 2 aromatic carbocycles. The zero-order valence-corrected chi connectivity index (χ0v) is 15.5. The molecule has 1 aromatic heterocycles. The van der Waals surface area contributed by atoms with E-state index in [1.807, 2.05) is 17.9 Å². The SMILES string of the molecule is Cc1cc(F)ccc1C1CCN(C(=O)c2cccc(-n3nnnc3N)c2)CC1. The number of aryl methyl sites for hydroxylation is 1. The molecule has 1 saturated heterocycles. The second-order valence-corrected chi connectivity index (χ2v) is 7.07. The van der Waals surface area contributed by atoms with E-state index in [0.717, 1.165) is 18.4 Å². The molecule has 2 N–H and O–H groups in total. The number of nitrogen functional groups attached to an aromatic ring is 1. The number of nitrogens with two attached hydrogens (primary N) is 1. The lowest BCUT2D eigenvalue weighted by molar-refractivity contribution is 0.0713. The van der Waals surface area contributed by atoms with Crippen molar-refractivity contribution in [3.05, 3.63) is 65.0 Å². The second-order valence-electron chi connectivity index (χ2n) is 7.07. The third-order valence-corrected chi connectivity index (χ3v) is 5.29. The molecule has 4 rings (SSSR count). The Kier molecular flexibility index (Phi) is 4.77. The van der Waals surface area contributed by atoms with E-state index in [1.54, 1.807) is 30.3 Å². The van der Waals surface area contributed by atoms with E-state index in [0.29, 0.717) is 30.3 Å². The lowest BCUT2D eigenvalue weighted by atomic mass is 9.86. The molecular formula is C20H21FN6O. The molecule has 0 bridgehead atoms. The predicted molar refractivity (Wildman–Crippen MR) is 103 cm³/mol. The number of tetrazole rings is 1. The van der Waals surface area contributed by atoms with Gasteiger partial charge in [0.15, 0.2) is 0 Å². The standard InChI is InChI=1S/C20H21FN6O/c1-13-11-16(21)5-6-18(13)14-7-9-26(10-8-14)19(28)15-3-2-4-17(12-15)27-20(22)23-24-25-27/h2-6,11-12,14H,7-10H2,1H3,(H2,22,23,25). The average Bonchev–Trinajstić information content (AvgIpc) is 3.14. The van der Waals surface area contributed by atoms with Crippen LogP contribution in [0.1, 0.15) is 40.2 Å². The number of halogens is 1. The van der Waals surface area contributed by atoms with Gasteiger partial charge in [-0.05, 0) is 77.6 Å². The van der Waals surface area contributed by atoms with Crippen LogP contribution in [0.15, 0.2) is 42.5 Å². The van der Waals surface area contributed by atoms with Gasteiger partial charge in [0.05, 0.1) is 5.69 Å². The fraction of sp³-hybridized carbons (Fsp3) is 0.300. The Morgan fingerprint density at radius 3 is 2.64 bits per heavy atom. The van der Waals surface area contributed by atoms with E-state index >= 15 is 0 Å². The first kappa shape index (κ1) is 18.1. The zero-order chi connectivity index (χ0) is 19.7. The van der Waals surface area contributed by atoms with Gasteiger partial charge in [-0.25, -0.2) is 4.39 Å². The molecule has 0 spiro atoms. The number of amides is 1. The molecule has 7 nitrogen and oxygen atoms in total. The fourth-order valence-electron chi connectivity index (χ4n) is 3.82. The number of aromatic nitrogens is 4. The van der Waals surface area contributed by atoms with E-state index in [-0.39, 0.29) is 17.7 Å². The normalized spacial score (nSPS) is 15.0. The quantitative estimate of drug-likeness (QED) is 0.755. The molecule has 2 heterocycles. The summed E-state index contributed by atoms with van der Waals surface area (Å²) in [7, 11) is 0. The molecule has 1 aliphatic heterocycles. The number of carbonyl (C=O) groups is 1. The minimum Gasteiger partial charge on any atom is -0.366 e. The Hall–Kier alpha value is -3.29. The number of nitrogens with zero attached hydrogens (tertiary/aromatic N) is 5. The molecule has 0 saturated carbocycles. The van der Waals surface area contributed by atoms with Gasteiger partial charge in [-0.3, -0.25) is 4.79 Å². The van der Waals surface area contributed by atoms with Crippen LogP contribution in [0.3, 0.4) is 0 Å². The van der Waals surface area contributed by atoms with Crippen molar-refractivity contribution in [2.24, 2.45) is 0 Å². The van der Waals surface area contributed by atoms with E-state index in [2.05, 4.69) is 15.5 Å². The molecule has 0 aliphatic carbocycles. The molecule has 0 atom stereocenters. The smallest absolute Gasteiger partial charge is 0.253 e. The van der Waals surface area contributed by atoms with Crippen LogP contribution in [0.4, 0.5) is 10.3 Å². The fourth-order valence-corrected chi connectivity index (χ4v) is 3.82. The molecule has 1 aliphatic rings. The van der Waals surface area contributed by atoms with E-state index in [9.17, 15) is 9.18 Å². The summed E-state index contributed by atoms with van der Waals surface area (Å²) in [6.07, 6.45) is 1.72. The minimum absolute atomic E-state index is 0.0252. The molecule has 3 aromatic rings. The van der Waals surface area contributed by atoms with Crippen molar-refractivity contribution in [3.8, 4) is 5.69 Å². The molecule has 0 radical (unpaired) electrons. The van der Waals surface area contributed by atoms with Gasteiger partial charge in [-0.2, -0.15) is 4.68 Å². The number of hydrogen-bond acceptors (Lipinski definition) is 5. The van der Waals surface area contributed by atoms with Crippen LogP contribution in [0.2, 0.25) is 0 Å². The largest absolute Gasteiger partial charge is 0.366 e. The number of carbonyl (C=O) groups excluding carboxylic acids is 1. The highest BCUT2D eigenvalue weighted by molar-refractivity contribution is 5.94. The highest BCUT2D eigenvalue weighted by atomic mass is 19.1. The monoisotopic (exact) mass is 380 g/mol. The molecule has 8 heteroatoms. The zero-order valence-electron chi connectivity index (χ0n) is 15.5. The van der Waals surface area contributed by atoms with Crippen LogP contribution in [0.25, 0.3) is 5.69 Å². The summed E-state index contributed by atoms with van der Waals surface area (Å²) in [5.41, 5.74) is 9.10. The number of rotatable bonds is 3. The summed E-state index contributed by atoms with van der Waals surface area (Å²) in [5, 5.41) is 11.0. The molecule has 28 heavy (non-hydrogen) atoms. The predicted octanol–water partition coefficient (Wildman–Crippen LogP) is 2.71. The van der Waals surface area contributed by atoms with Crippen LogP contribution in [0, 0.1) is 12.7 Å². The molecular weight excluding hydrogens is 359 g/mol. The maximum absolute atomic E-state index is 13.4. The van der Waals surface area contributed by atoms with Gasteiger partial charge in [0.25, 0.3) is 5.91 Å². The Morgan fingerprint density at radius 2 is 1.96 bits per heavy atom. The van der Waals surface area contributed by atoms with Crippen molar-refractivity contribution < 1.29 is 9.18 Å². The number of likely N-dealkylation sites (tertiary alicyclic amines) is 1. The minimum atomic E-state index is -0.211. The van der Waals surface area contributed by atoms with Crippen molar-refractivity contribution in [1.82, 2.24) is 25.1 Å². The summed E-state index contributed by atoms with van der Waals surface area (Å²) in [6, 6.07) is 12.1. The third-order valence-electron chi connectivity index (χ3n) is 5.29. The van der Waals surface area contributed by atoms with Crippen molar-refractivity contribution in [3.63, 3.8) is 0 Å². The number of benzene rings is 2. The molecule has 144 valence electrons. The van der Waals surface area contributed by atoms with E-state index in [1.165, 1.54) is 16.3 Å². The molecule has 1 fully saturated rings. The Bertz CT molecular complexity index is 1010. The second kappa shape index (κ2) is 7.38. The highest BCUT2D eigenvalue weighted by Gasteiger charge is 2.25. The van der Waals surface area contributed by atoms with Gasteiger partial charge in [-0.1, -0.05) is 17.2 Å². The summed E-state index contributed by atoms with van der Waals surface area (Å²) in [4.78, 5) is 14.8. The van der Waals surface area contributed by atoms with Crippen molar-refractivity contribution in [2.45, 2.75) is 25.7 Å². The molecule has 1 amide bonds. The average molecular weight is 380 g/mol. The van der Waals surface area contributed by atoms with E-state index < -0.39 is 0 Å². The van der Waals surface area contributed by atoms with Crippen LogP contribution in [-0.2, 0) is 0 Å². The van der Waals surface area contributed by atoms with Crippen LogP contribution >= 0.6 is 0 Å². The number of piperidine rings is 1.